The molecule has 1 aromatic carbocycles. The van der Waals surface area contributed by atoms with E-state index in [2.05, 4.69) is 10.0 Å². The van der Waals surface area contributed by atoms with Crippen molar-refractivity contribution < 1.29 is 23.5 Å². The zero-order valence-corrected chi connectivity index (χ0v) is 20.8. The standard InChI is InChI=1S/C26H35FN4O4/c1-26(2,3)35-25(34)30-13-10-22-20(17-30)16-23(32)31(28-22)15-14-29-11-8-19(9-12-29)24(33)18-4-6-21(27)7-5-18/h4-7,19-20H,8-17H2,1-3H3. The number of nitrogens with zero attached hydrogens (tertiary/aromatic N) is 4. The van der Waals surface area contributed by atoms with Gasteiger partial charge in [-0.15, -0.1) is 0 Å². The largest absolute Gasteiger partial charge is 0.444 e. The van der Waals surface area contributed by atoms with Crippen molar-refractivity contribution in [2.24, 2.45) is 16.9 Å². The molecule has 1 aromatic rings. The number of rotatable bonds is 5. The molecule has 8 nitrogen and oxygen atoms in total. The molecule has 0 bridgehead atoms. The predicted octanol–water partition coefficient (Wildman–Crippen LogP) is 3.57. The van der Waals surface area contributed by atoms with Gasteiger partial charge in [-0.3, -0.25) is 9.59 Å². The summed E-state index contributed by atoms with van der Waals surface area (Å²) in [4.78, 5) is 41.8. The first-order valence-electron chi connectivity index (χ1n) is 12.5. The number of halogens is 1. The third kappa shape index (κ3) is 6.45. The highest BCUT2D eigenvalue weighted by atomic mass is 19.1. The van der Waals surface area contributed by atoms with E-state index in [4.69, 9.17) is 4.74 Å². The average molecular weight is 487 g/mol. The van der Waals surface area contributed by atoms with Gasteiger partial charge in [0.15, 0.2) is 5.78 Å². The number of benzene rings is 1. The summed E-state index contributed by atoms with van der Waals surface area (Å²) in [5.74, 6) is -0.387. The van der Waals surface area contributed by atoms with Crippen LogP contribution in [0.3, 0.4) is 0 Å². The third-order valence-corrected chi connectivity index (χ3v) is 6.87. The predicted molar refractivity (Wildman–Crippen MR) is 130 cm³/mol. The Hall–Kier alpha value is -2.81. The van der Waals surface area contributed by atoms with Crippen molar-refractivity contribution >= 4 is 23.5 Å². The van der Waals surface area contributed by atoms with Crippen molar-refractivity contribution in [1.82, 2.24) is 14.8 Å². The van der Waals surface area contributed by atoms with Crippen molar-refractivity contribution in [3.05, 3.63) is 35.6 Å². The minimum atomic E-state index is -0.548. The number of fused-ring (bicyclic) bond motifs is 1. The highest BCUT2D eigenvalue weighted by molar-refractivity contribution is 5.98. The number of amides is 2. The molecule has 9 heteroatoms. The van der Waals surface area contributed by atoms with E-state index in [1.165, 1.54) is 12.1 Å². The van der Waals surface area contributed by atoms with Crippen LogP contribution in [0.15, 0.2) is 29.4 Å². The fraction of sp³-hybridized carbons (Fsp3) is 0.615. The Morgan fingerprint density at radius 3 is 2.43 bits per heavy atom. The summed E-state index contributed by atoms with van der Waals surface area (Å²) in [6.07, 6.45) is 2.16. The molecule has 35 heavy (non-hydrogen) atoms. The first kappa shape index (κ1) is 25.3. The molecule has 0 aliphatic carbocycles. The van der Waals surface area contributed by atoms with Crippen molar-refractivity contribution in [3.63, 3.8) is 0 Å². The second kappa shape index (κ2) is 10.4. The third-order valence-electron chi connectivity index (χ3n) is 6.87. The van der Waals surface area contributed by atoms with E-state index < -0.39 is 5.60 Å². The number of carbonyl (C=O) groups is 3. The van der Waals surface area contributed by atoms with Gasteiger partial charge in [0.25, 0.3) is 0 Å². The number of carbonyl (C=O) groups excluding carboxylic acids is 3. The van der Waals surface area contributed by atoms with Crippen LogP contribution in [-0.4, -0.2) is 83.2 Å². The number of ether oxygens (including phenoxy) is 1. The SMILES string of the molecule is CC(C)(C)OC(=O)N1CCC2=NN(CCN3CCC(C(=O)c4ccc(F)cc4)CC3)C(=O)CC2C1. The number of piperidine rings is 2. The van der Waals surface area contributed by atoms with Gasteiger partial charge in [-0.1, -0.05) is 0 Å². The first-order valence-corrected chi connectivity index (χ1v) is 12.5. The minimum Gasteiger partial charge on any atom is -0.444 e. The number of hydrogen-bond donors (Lipinski definition) is 0. The van der Waals surface area contributed by atoms with Crippen LogP contribution in [0.25, 0.3) is 0 Å². The van der Waals surface area contributed by atoms with E-state index in [1.807, 2.05) is 20.8 Å². The Morgan fingerprint density at radius 1 is 1.09 bits per heavy atom. The summed E-state index contributed by atoms with van der Waals surface area (Å²) >= 11 is 0. The number of hydrogen-bond acceptors (Lipinski definition) is 6. The number of ketones is 1. The highest BCUT2D eigenvalue weighted by Crippen LogP contribution is 2.26. The second-order valence-corrected chi connectivity index (χ2v) is 10.7. The van der Waals surface area contributed by atoms with E-state index >= 15 is 0 Å². The Balaban J connectivity index is 1.24. The van der Waals surface area contributed by atoms with Gasteiger partial charge >= 0.3 is 6.09 Å². The molecule has 2 amide bonds. The molecule has 3 aliphatic heterocycles. The lowest BCUT2D eigenvalue weighted by molar-refractivity contribution is -0.133. The van der Waals surface area contributed by atoms with Gasteiger partial charge in [0.1, 0.15) is 11.4 Å². The van der Waals surface area contributed by atoms with Gasteiger partial charge in [0, 0.05) is 55.6 Å². The Labute approximate surface area is 206 Å². The first-order chi connectivity index (χ1) is 16.6. The lowest BCUT2D eigenvalue weighted by Crippen LogP contribution is -2.50. The molecule has 0 aromatic heterocycles. The number of Topliss-reactive ketones (excluding diaryl/α,β-unsaturated/α-hetero) is 1. The van der Waals surface area contributed by atoms with Gasteiger partial charge in [0.05, 0.1) is 6.54 Å². The van der Waals surface area contributed by atoms with Crippen LogP contribution in [0.5, 0.6) is 0 Å². The summed E-state index contributed by atoms with van der Waals surface area (Å²) in [7, 11) is 0. The maximum atomic E-state index is 13.1. The molecule has 0 radical (unpaired) electrons. The quantitative estimate of drug-likeness (QED) is 0.595. The summed E-state index contributed by atoms with van der Waals surface area (Å²) in [5.41, 5.74) is 0.993. The van der Waals surface area contributed by atoms with E-state index in [-0.39, 0.29) is 35.4 Å². The summed E-state index contributed by atoms with van der Waals surface area (Å²) in [5, 5.41) is 6.21. The number of hydrazone groups is 1. The van der Waals surface area contributed by atoms with Gasteiger partial charge in [-0.25, -0.2) is 14.2 Å². The van der Waals surface area contributed by atoms with Gasteiger partial charge in [0.2, 0.25) is 5.91 Å². The zero-order chi connectivity index (χ0) is 25.2. The fourth-order valence-corrected chi connectivity index (χ4v) is 4.93. The van der Waals surface area contributed by atoms with Crippen LogP contribution in [0.1, 0.15) is 56.8 Å². The monoisotopic (exact) mass is 486 g/mol. The van der Waals surface area contributed by atoms with Crippen LogP contribution in [0.2, 0.25) is 0 Å². The zero-order valence-electron chi connectivity index (χ0n) is 20.8. The molecule has 1 atom stereocenters. The van der Waals surface area contributed by atoms with Crippen LogP contribution in [0, 0.1) is 17.7 Å². The molecule has 2 fully saturated rings. The molecule has 3 aliphatic rings. The minimum absolute atomic E-state index is 0.0221. The molecule has 0 N–H and O–H groups in total. The Bertz CT molecular complexity index is 980. The molecule has 4 rings (SSSR count). The smallest absolute Gasteiger partial charge is 0.410 e. The lowest BCUT2D eigenvalue weighted by Gasteiger charge is -2.38. The molecule has 3 heterocycles. The second-order valence-electron chi connectivity index (χ2n) is 10.7. The van der Waals surface area contributed by atoms with Crippen molar-refractivity contribution in [1.29, 1.82) is 0 Å². The van der Waals surface area contributed by atoms with Crippen LogP contribution < -0.4 is 0 Å². The fourth-order valence-electron chi connectivity index (χ4n) is 4.93. The van der Waals surface area contributed by atoms with Crippen LogP contribution in [-0.2, 0) is 9.53 Å². The Kier molecular flexibility index (Phi) is 7.54. The molecular formula is C26H35FN4O4. The van der Waals surface area contributed by atoms with Crippen LogP contribution in [0.4, 0.5) is 9.18 Å². The molecule has 2 saturated heterocycles. The van der Waals surface area contributed by atoms with E-state index in [1.54, 1.807) is 22.0 Å². The lowest BCUT2D eigenvalue weighted by atomic mass is 9.89. The van der Waals surface area contributed by atoms with Crippen molar-refractivity contribution in [2.75, 3.05) is 39.3 Å². The van der Waals surface area contributed by atoms with E-state index in [9.17, 15) is 18.8 Å². The van der Waals surface area contributed by atoms with Crippen LogP contribution >= 0.6 is 0 Å². The van der Waals surface area contributed by atoms with Gasteiger partial charge < -0.3 is 14.5 Å². The molecule has 1 unspecified atom stereocenters. The topological polar surface area (TPSA) is 82.5 Å². The summed E-state index contributed by atoms with van der Waals surface area (Å²) in [6, 6.07) is 5.75. The summed E-state index contributed by atoms with van der Waals surface area (Å²) < 4.78 is 18.6. The molecule has 0 spiro atoms. The van der Waals surface area contributed by atoms with E-state index in [0.29, 0.717) is 44.6 Å². The van der Waals surface area contributed by atoms with Crippen molar-refractivity contribution in [3.8, 4) is 0 Å². The van der Waals surface area contributed by atoms with Crippen molar-refractivity contribution in [2.45, 2.75) is 52.1 Å². The summed E-state index contributed by atoms with van der Waals surface area (Å²) in [6.45, 7) is 9.31. The normalized spacial score (nSPS) is 22.0. The molecule has 0 saturated carbocycles. The molecular weight excluding hydrogens is 451 g/mol. The van der Waals surface area contributed by atoms with E-state index in [0.717, 1.165) is 31.6 Å². The Morgan fingerprint density at radius 2 is 1.77 bits per heavy atom. The highest BCUT2D eigenvalue weighted by Gasteiger charge is 2.36. The maximum Gasteiger partial charge on any atom is 0.410 e. The molecule has 190 valence electrons. The maximum absolute atomic E-state index is 13.1. The number of likely N-dealkylation sites (tertiary alicyclic amines) is 2. The van der Waals surface area contributed by atoms with Gasteiger partial charge in [-0.2, -0.15) is 5.10 Å². The average Bonchev–Trinajstić information content (AvgIpc) is 2.81. The van der Waals surface area contributed by atoms with Gasteiger partial charge in [-0.05, 0) is 71.0 Å².